The van der Waals surface area contributed by atoms with Gasteiger partial charge >= 0.3 is 0 Å². The average molecular weight is 308 g/mol. The highest BCUT2D eigenvalue weighted by atomic mass is 32.1. The predicted molar refractivity (Wildman–Crippen MR) is 92.1 cm³/mol. The molecule has 3 aromatic rings. The van der Waals surface area contributed by atoms with Crippen LogP contribution >= 0.6 is 11.3 Å². The van der Waals surface area contributed by atoms with E-state index in [9.17, 15) is 4.79 Å². The van der Waals surface area contributed by atoms with Crippen LogP contribution in [0, 0.1) is 0 Å². The Labute approximate surface area is 133 Å². The lowest BCUT2D eigenvalue weighted by molar-refractivity contribution is 0.101. The molecular formula is C18H16N2OS. The maximum Gasteiger partial charge on any atom is 0.159 e. The van der Waals surface area contributed by atoms with Crippen LogP contribution in [0.2, 0.25) is 0 Å². The molecule has 0 amide bonds. The first-order valence-electron chi connectivity index (χ1n) is 7.01. The van der Waals surface area contributed by atoms with E-state index in [0.29, 0.717) is 0 Å². The quantitative estimate of drug-likeness (QED) is 0.650. The van der Waals surface area contributed by atoms with Crippen molar-refractivity contribution in [3.05, 3.63) is 65.5 Å². The zero-order chi connectivity index (χ0) is 15.5. The average Bonchev–Trinajstić information content (AvgIpc) is 3.05. The third kappa shape index (κ3) is 2.92. The van der Waals surface area contributed by atoms with Gasteiger partial charge in [-0.2, -0.15) is 0 Å². The minimum Gasteiger partial charge on any atom is -0.329 e. The van der Waals surface area contributed by atoms with Crippen LogP contribution in [0.25, 0.3) is 10.6 Å². The lowest BCUT2D eigenvalue weighted by Crippen LogP contribution is -2.09. The molecule has 0 spiro atoms. The van der Waals surface area contributed by atoms with Gasteiger partial charge < -0.3 is 4.90 Å². The SMILES string of the molecule is CC(=O)c1ccc(N(C)c2csc(-c3ccccc3)n2)cc1. The van der Waals surface area contributed by atoms with Crippen molar-refractivity contribution in [3.63, 3.8) is 0 Å². The van der Waals surface area contributed by atoms with Crippen molar-refractivity contribution < 1.29 is 4.79 Å². The minimum absolute atomic E-state index is 0.0780. The van der Waals surface area contributed by atoms with Gasteiger partial charge in [0.1, 0.15) is 10.8 Å². The zero-order valence-corrected chi connectivity index (χ0v) is 13.3. The molecular weight excluding hydrogens is 292 g/mol. The fourth-order valence-corrected chi connectivity index (χ4v) is 3.03. The summed E-state index contributed by atoms with van der Waals surface area (Å²) in [6, 6.07) is 17.7. The highest BCUT2D eigenvalue weighted by Gasteiger charge is 2.10. The number of aromatic nitrogens is 1. The number of Topliss-reactive ketones (excluding diaryl/α,β-unsaturated/α-hetero) is 1. The number of benzene rings is 2. The molecule has 0 saturated carbocycles. The van der Waals surface area contributed by atoms with E-state index in [2.05, 4.69) is 12.1 Å². The second-order valence-electron chi connectivity index (χ2n) is 5.04. The molecule has 0 saturated heterocycles. The topological polar surface area (TPSA) is 33.2 Å². The van der Waals surface area contributed by atoms with Crippen LogP contribution in [-0.2, 0) is 0 Å². The Bertz CT molecular complexity index is 778. The van der Waals surface area contributed by atoms with Gasteiger partial charge in [0, 0.05) is 29.2 Å². The van der Waals surface area contributed by atoms with Gasteiger partial charge in [0.2, 0.25) is 0 Å². The van der Waals surface area contributed by atoms with E-state index in [-0.39, 0.29) is 5.78 Å². The monoisotopic (exact) mass is 308 g/mol. The second-order valence-corrected chi connectivity index (χ2v) is 5.90. The van der Waals surface area contributed by atoms with E-state index in [1.807, 2.05) is 59.8 Å². The Kier molecular flexibility index (Phi) is 4.02. The smallest absolute Gasteiger partial charge is 0.159 e. The minimum atomic E-state index is 0.0780. The summed E-state index contributed by atoms with van der Waals surface area (Å²) in [5.74, 6) is 0.980. The molecule has 0 atom stereocenters. The highest BCUT2D eigenvalue weighted by molar-refractivity contribution is 7.13. The summed E-state index contributed by atoms with van der Waals surface area (Å²) in [6.07, 6.45) is 0. The van der Waals surface area contributed by atoms with Gasteiger partial charge in [0.05, 0.1) is 0 Å². The fraction of sp³-hybridized carbons (Fsp3) is 0.111. The van der Waals surface area contributed by atoms with Crippen molar-refractivity contribution in [3.8, 4) is 10.6 Å². The third-order valence-corrected chi connectivity index (χ3v) is 4.40. The number of hydrogen-bond acceptors (Lipinski definition) is 4. The Balaban J connectivity index is 1.85. The second kappa shape index (κ2) is 6.12. The number of nitrogens with zero attached hydrogens (tertiary/aromatic N) is 2. The molecule has 4 heteroatoms. The number of ketones is 1. The van der Waals surface area contributed by atoms with Crippen molar-refractivity contribution >= 4 is 28.6 Å². The van der Waals surface area contributed by atoms with Crippen molar-refractivity contribution in [1.29, 1.82) is 0 Å². The van der Waals surface area contributed by atoms with Crippen LogP contribution in [0.4, 0.5) is 11.5 Å². The first kappa shape index (κ1) is 14.5. The molecule has 0 aliphatic rings. The molecule has 3 rings (SSSR count). The first-order valence-corrected chi connectivity index (χ1v) is 7.89. The predicted octanol–water partition coefficient (Wildman–Crippen LogP) is 4.78. The van der Waals surface area contributed by atoms with Gasteiger partial charge in [0.25, 0.3) is 0 Å². The first-order chi connectivity index (χ1) is 10.6. The number of carbonyl (C=O) groups is 1. The summed E-state index contributed by atoms with van der Waals surface area (Å²) in [5, 5.41) is 3.05. The number of thiazole rings is 1. The van der Waals surface area contributed by atoms with Crippen molar-refractivity contribution in [2.45, 2.75) is 6.92 Å². The molecule has 0 radical (unpaired) electrons. The van der Waals surface area contributed by atoms with Crippen molar-refractivity contribution in [2.75, 3.05) is 11.9 Å². The highest BCUT2D eigenvalue weighted by Crippen LogP contribution is 2.30. The van der Waals surface area contributed by atoms with Crippen LogP contribution < -0.4 is 4.90 Å². The van der Waals surface area contributed by atoms with E-state index in [1.54, 1.807) is 18.3 Å². The maximum absolute atomic E-state index is 11.3. The van der Waals surface area contributed by atoms with Crippen LogP contribution in [0.15, 0.2) is 60.0 Å². The molecule has 1 heterocycles. The van der Waals surface area contributed by atoms with Crippen LogP contribution in [0.1, 0.15) is 17.3 Å². The summed E-state index contributed by atoms with van der Waals surface area (Å²) in [7, 11) is 1.98. The molecule has 0 unspecified atom stereocenters. The number of hydrogen-bond donors (Lipinski definition) is 0. The fourth-order valence-electron chi connectivity index (χ4n) is 2.18. The van der Waals surface area contributed by atoms with Gasteiger partial charge in [-0.1, -0.05) is 30.3 Å². The zero-order valence-electron chi connectivity index (χ0n) is 12.5. The summed E-state index contributed by atoms with van der Waals surface area (Å²) < 4.78 is 0. The number of carbonyl (C=O) groups excluding carboxylic acids is 1. The molecule has 0 aliphatic heterocycles. The van der Waals surface area contributed by atoms with Crippen LogP contribution in [-0.4, -0.2) is 17.8 Å². The molecule has 0 fully saturated rings. The largest absolute Gasteiger partial charge is 0.329 e. The summed E-state index contributed by atoms with van der Waals surface area (Å²) >= 11 is 1.63. The standard InChI is InChI=1S/C18H16N2OS/c1-13(21)14-8-10-16(11-9-14)20(2)17-12-22-18(19-17)15-6-4-3-5-7-15/h3-12H,1-2H3. The molecule has 110 valence electrons. The summed E-state index contributed by atoms with van der Waals surface area (Å²) in [6.45, 7) is 1.57. The van der Waals surface area contributed by atoms with Gasteiger partial charge in [-0.25, -0.2) is 4.98 Å². The molecule has 22 heavy (non-hydrogen) atoms. The number of anilines is 2. The van der Waals surface area contributed by atoms with Crippen LogP contribution in [0.3, 0.4) is 0 Å². The van der Waals surface area contributed by atoms with E-state index >= 15 is 0 Å². The molecule has 0 bridgehead atoms. The van der Waals surface area contributed by atoms with Gasteiger partial charge in [0.15, 0.2) is 5.78 Å². The Morgan fingerprint density at radius 2 is 1.73 bits per heavy atom. The Hall–Kier alpha value is -2.46. The molecule has 2 aromatic carbocycles. The Morgan fingerprint density at radius 3 is 2.36 bits per heavy atom. The summed E-state index contributed by atoms with van der Waals surface area (Å²) in [5.41, 5.74) is 2.86. The van der Waals surface area contributed by atoms with Gasteiger partial charge in [-0.15, -0.1) is 11.3 Å². The van der Waals surface area contributed by atoms with E-state index in [1.165, 1.54) is 0 Å². The van der Waals surface area contributed by atoms with Crippen LogP contribution in [0.5, 0.6) is 0 Å². The van der Waals surface area contributed by atoms with E-state index in [0.717, 1.165) is 27.6 Å². The van der Waals surface area contributed by atoms with Gasteiger partial charge in [-0.05, 0) is 31.2 Å². The summed E-state index contributed by atoms with van der Waals surface area (Å²) in [4.78, 5) is 18.0. The Morgan fingerprint density at radius 1 is 1.05 bits per heavy atom. The van der Waals surface area contributed by atoms with Gasteiger partial charge in [-0.3, -0.25) is 4.79 Å². The lowest BCUT2D eigenvalue weighted by atomic mass is 10.1. The van der Waals surface area contributed by atoms with E-state index < -0.39 is 0 Å². The molecule has 0 N–H and O–H groups in total. The van der Waals surface area contributed by atoms with E-state index in [4.69, 9.17) is 4.98 Å². The normalized spacial score (nSPS) is 10.5. The molecule has 0 aliphatic carbocycles. The lowest BCUT2D eigenvalue weighted by Gasteiger charge is -2.16. The van der Waals surface area contributed by atoms with Crippen molar-refractivity contribution in [2.24, 2.45) is 0 Å². The molecule has 3 nitrogen and oxygen atoms in total. The third-order valence-electron chi connectivity index (χ3n) is 3.52. The van der Waals surface area contributed by atoms with Crippen molar-refractivity contribution in [1.82, 2.24) is 4.98 Å². The maximum atomic E-state index is 11.3. The molecule has 1 aromatic heterocycles. The number of rotatable bonds is 4.